The molecule has 2 rings (SSSR count). The first kappa shape index (κ1) is 21.8. The number of nitrogens with one attached hydrogen (secondary N) is 1. The Balaban J connectivity index is 2.34. The highest BCUT2D eigenvalue weighted by Crippen LogP contribution is 2.25. The van der Waals surface area contributed by atoms with E-state index in [1.165, 1.54) is 12.1 Å². The molecule has 1 atom stereocenters. The van der Waals surface area contributed by atoms with Gasteiger partial charge in [-0.15, -0.1) is 0 Å². The molecule has 0 aromatic heterocycles. The third-order valence-corrected chi connectivity index (χ3v) is 6.23. The van der Waals surface area contributed by atoms with Gasteiger partial charge >= 0.3 is 0 Å². The normalized spacial score (nSPS) is 12.5. The zero-order valence-corrected chi connectivity index (χ0v) is 17.6. The van der Waals surface area contributed by atoms with E-state index in [2.05, 4.69) is 5.32 Å². The number of anilines is 1. The fraction of sp³-hybridized carbons (Fsp3) is 0.381. The number of amides is 1. The minimum atomic E-state index is -3.92. The summed E-state index contributed by atoms with van der Waals surface area (Å²) in [6.07, 6.45) is 0. The molecule has 1 amide bonds. The van der Waals surface area contributed by atoms with Crippen molar-refractivity contribution in [3.05, 3.63) is 54.6 Å². The lowest BCUT2D eigenvalue weighted by Crippen LogP contribution is -2.44. The Morgan fingerprint density at radius 1 is 1.04 bits per heavy atom. The zero-order valence-electron chi connectivity index (χ0n) is 16.8. The van der Waals surface area contributed by atoms with Crippen LogP contribution < -0.4 is 14.4 Å². The summed E-state index contributed by atoms with van der Waals surface area (Å²) in [5.41, 5.74) is 0.434. The van der Waals surface area contributed by atoms with Gasteiger partial charge in [0.2, 0.25) is 5.91 Å². The van der Waals surface area contributed by atoms with E-state index in [1.807, 2.05) is 27.7 Å². The summed E-state index contributed by atoms with van der Waals surface area (Å²) in [4.78, 5) is 12.6. The Labute approximate surface area is 167 Å². The fourth-order valence-corrected chi connectivity index (χ4v) is 3.93. The zero-order chi connectivity index (χ0) is 20.7. The molecule has 0 aliphatic carbocycles. The van der Waals surface area contributed by atoms with Crippen LogP contribution in [0.3, 0.4) is 0 Å². The lowest BCUT2D eigenvalue weighted by molar-refractivity contribution is -0.120. The van der Waals surface area contributed by atoms with Gasteiger partial charge in [-0.3, -0.25) is 9.10 Å². The van der Waals surface area contributed by atoms with Crippen LogP contribution in [0.15, 0.2) is 59.5 Å². The molecule has 0 fully saturated rings. The first-order valence-electron chi connectivity index (χ1n) is 9.35. The molecule has 0 spiro atoms. The highest BCUT2D eigenvalue weighted by atomic mass is 32.2. The second-order valence-electron chi connectivity index (χ2n) is 6.85. The van der Waals surface area contributed by atoms with E-state index in [0.29, 0.717) is 18.0 Å². The summed E-state index contributed by atoms with van der Waals surface area (Å²) in [6, 6.07) is 14.8. The molecular formula is C21H28N2O4S. The Kier molecular flexibility index (Phi) is 7.45. The van der Waals surface area contributed by atoms with Gasteiger partial charge < -0.3 is 10.1 Å². The van der Waals surface area contributed by atoms with Crippen LogP contribution in [0.4, 0.5) is 5.69 Å². The standard InChI is InChI=1S/C21H28N2O4S/c1-5-27-19-11-13-20(14-12-19)28(25,26)23(18-9-7-6-8-10-18)15-21(24)22-17(4)16(2)3/h6-14,16-17H,5,15H2,1-4H3,(H,22,24)/t17-/m1/s1. The molecule has 7 heteroatoms. The molecule has 0 bridgehead atoms. The number of nitrogens with zero attached hydrogens (tertiary/aromatic N) is 1. The molecule has 2 aromatic rings. The van der Waals surface area contributed by atoms with E-state index in [1.54, 1.807) is 42.5 Å². The third-order valence-electron chi connectivity index (χ3n) is 4.44. The number of rotatable bonds is 9. The van der Waals surface area contributed by atoms with Crippen molar-refractivity contribution < 1.29 is 17.9 Å². The molecule has 0 saturated carbocycles. The molecule has 0 unspecified atom stereocenters. The van der Waals surface area contributed by atoms with Gasteiger partial charge in [-0.2, -0.15) is 0 Å². The lowest BCUT2D eigenvalue weighted by atomic mass is 10.1. The first-order chi connectivity index (χ1) is 13.3. The van der Waals surface area contributed by atoms with Crippen molar-refractivity contribution in [2.24, 2.45) is 5.92 Å². The van der Waals surface area contributed by atoms with Gasteiger partial charge in [0.1, 0.15) is 12.3 Å². The molecular weight excluding hydrogens is 376 g/mol. The molecule has 28 heavy (non-hydrogen) atoms. The monoisotopic (exact) mass is 404 g/mol. The van der Waals surface area contributed by atoms with E-state index in [9.17, 15) is 13.2 Å². The van der Waals surface area contributed by atoms with Gasteiger partial charge in [0.05, 0.1) is 17.2 Å². The predicted octanol–water partition coefficient (Wildman–Crippen LogP) is 3.44. The maximum absolute atomic E-state index is 13.3. The van der Waals surface area contributed by atoms with Gasteiger partial charge in [0.15, 0.2) is 0 Å². The van der Waals surface area contributed by atoms with Crippen molar-refractivity contribution in [2.75, 3.05) is 17.5 Å². The predicted molar refractivity (Wildman–Crippen MR) is 111 cm³/mol. The van der Waals surface area contributed by atoms with Gasteiger partial charge in [-0.1, -0.05) is 32.0 Å². The van der Waals surface area contributed by atoms with E-state index < -0.39 is 10.0 Å². The van der Waals surface area contributed by atoms with Crippen LogP contribution >= 0.6 is 0 Å². The number of hydrogen-bond donors (Lipinski definition) is 1. The van der Waals surface area contributed by atoms with Crippen LogP contribution in [-0.2, 0) is 14.8 Å². The quantitative estimate of drug-likeness (QED) is 0.695. The Morgan fingerprint density at radius 3 is 2.18 bits per heavy atom. The number of para-hydroxylation sites is 1. The smallest absolute Gasteiger partial charge is 0.264 e. The lowest BCUT2D eigenvalue weighted by Gasteiger charge is -2.25. The Morgan fingerprint density at radius 2 is 1.64 bits per heavy atom. The molecule has 0 radical (unpaired) electrons. The fourth-order valence-electron chi connectivity index (χ4n) is 2.51. The van der Waals surface area contributed by atoms with Gasteiger partial charge in [-0.25, -0.2) is 8.42 Å². The van der Waals surface area contributed by atoms with Crippen molar-refractivity contribution in [3.8, 4) is 5.75 Å². The molecule has 2 aromatic carbocycles. The first-order valence-corrected chi connectivity index (χ1v) is 10.8. The summed E-state index contributed by atoms with van der Waals surface area (Å²) in [7, 11) is -3.92. The number of hydrogen-bond acceptors (Lipinski definition) is 4. The van der Waals surface area contributed by atoms with Gasteiger partial charge in [0.25, 0.3) is 10.0 Å². The average molecular weight is 405 g/mol. The minimum Gasteiger partial charge on any atom is -0.494 e. The van der Waals surface area contributed by atoms with E-state index in [4.69, 9.17) is 4.74 Å². The van der Waals surface area contributed by atoms with Crippen LogP contribution in [0.5, 0.6) is 5.75 Å². The van der Waals surface area contributed by atoms with Crippen LogP contribution in [0.25, 0.3) is 0 Å². The summed E-state index contributed by atoms with van der Waals surface area (Å²) in [5, 5.41) is 2.86. The second kappa shape index (κ2) is 9.59. The maximum atomic E-state index is 13.3. The van der Waals surface area contributed by atoms with Crippen LogP contribution in [-0.4, -0.2) is 33.5 Å². The number of sulfonamides is 1. The average Bonchev–Trinajstić information content (AvgIpc) is 2.67. The topological polar surface area (TPSA) is 75.7 Å². The Hall–Kier alpha value is -2.54. The summed E-state index contributed by atoms with van der Waals surface area (Å²) >= 11 is 0. The highest BCUT2D eigenvalue weighted by Gasteiger charge is 2.27. The van der Waals surface area contributed by atoms with Crippen molar-refractivity contribution in [3.63, 3.8) is 0 Å². The number of carbonyl (C=O) groups excluding carboxylic acids is 1. The summed E-state index contributed by atoms with van der Waals surface area (Å²) in [6.45, 7) is 7.95. The minimum absolute atomic E-state index is 0.0571. The van der Waals surface area contributed by atoms with Crippen molar-refractivity contribution in [2.45, 2.75) is 38.6 Å². The number of benzene rings is 2. The van der Waals surface area contributed by atoms with Crippen LogP contribution in [0.2, 0.25) is 0 Å². The van der Waals surface area contributed by atoms with Gasteiger partial charge in [-0.05, 0) is 56.2 Å². The molecule has 152 valence electrons. The van der Waals surface area contributed by atoms with Crippen molar-refractivity contribution >= 4 is 21.6 Å². The van der Waals surface area contributed by atoms with Crippen molar-refractivity contribution in [1.82, 2.24) is 5.32 Å². The molecule has 0 saturated heterocycles. The number of ether oxygens (including phenoxy) is 1. The van der Waals surface area contributed by atoms with Crippen LogP contribution in [0, 0.1) is 5.92 Å². The van der Waals surface area contributed by atoms with E-state index >= 15 is 0 Å². The molecule has 0 aliphatic heterocycles. The third kappa shape index (κ3) is 5.48. The molecule has 0 heterocycles. The molecule has 0 aliphatic rings. The molecule has 6 nitrogen and oxygen atoms in total. The maximum Gasteiger partial charge on any atom is 0.264 e. The van der Waals surface area contributed by atoms with Crippen LogP contribution in [0.1, 0.15) is 27.7 Å². The largest absolute Gasteiger partial charge is 0.494 e. The second-order valence-corrected chi connectivity index (χ2v) is 8.71. The van der Waals surface area contributed by atoms with Crippen molar-refractivity contribution in [1.29, 1.82) is 0 Å². The summed E-state index contributed by atoms with van der Waals surface area (Å²) in [5.74, 6) is 0.493. The number of carbonyl (C=O) groups is 1. The van der Waals surface area contributed by atoms with E-state index in [0.717, 1.165) is 4.31 Å². The summed E-state index contributed by atoms with van der Waals surface area (Å²) < 4.78 is 33.0. The highest BCUT2D eigenvalue weighted by molar-refractivity contribution is 7.92. The van der Waals surface area contributed by atoms with E-state index in [-0.39, 0.29) is 29.3 Å². The van der Waals surface area contributed by atoms with Gasteiger partial charge in [0, 0.05) is 6.04 Å². The molecule has 1 N–H and O–H groups in total. The Bertz CT molecular complexity index is 865. The SMILES string of the molecule is CCOc1ccc(S(=O)(=O)N(CC(=O)N[C@H](C)C(C)C)c2ccccc2)cc1.